The molecule has 0 spiro atoms. The summed E-state index contributed by atoms with van der Waals surface area (Å²) in [6.45, 7) is 1.71. The lowest BCUT2D eigenvalue weighted by Crippen LogP contribution is -2.32. The first-order chi connectivity index (χ1) is 9.23. The number of primary amides is 1. The van der Waals surface area contributed by atoms with Gasteiger partial charge in [-0.05, 0) is 31.0 Å². The summed E-state index contributed by atoms with van der Waals surface area (Å²) in [6, 6.07) is 2.33. The van der Waals surface area contributed by atoms with E-state index in [2.05, 4.69) is 0 Å². The second-order valence-electron chi connectivity index (χ2n) is 4.89. The largest absolute Gasteiger partial charge is 0.396 e. The molecule has 110 valence electrons. The van der Waals surface area contributed by atoms with Crippen LogP contribution in [-0.2, 0) is 14.8 Å². The molecule has 4 N–H and O–H groups in total. The zero-order valence-corrected chi connectivity index (χ0v) is 11.8. The molecule has 1 aliphatic heterocycles. The lowest BCUT2D eigenvalue weighted by molar-refractivity contribution is -0.121. The Labute approximate surface area is 116 Å². The Morgan fingerprint density at radius 1 is 1.45 bits per heavy atom. The van der Waals surface area contributed by atoms with Crippen LogP contribution in [0, 0.1) is 18.7 Å². The summed E-state index contributed by atoms with van der Waals surface area (Å²) >= 11 is 0. The highest BCUT2D eigenvalue weighted by molar-refractivity contribution is 7.89. The molecule has 1 heterocycles. The van der Waals surface area contributed by atoms with E-state index in [1.54, 1.807) is 0 Å². The first kappa shape index (κ1) is 14.7. The molecule has 0 bridgehead atoms. The maximum Gasteiger partial charge on any atom is 0.243 e. The molecule has 1 amide bonds. The molecular formula is C12H16FN3O3S. The maximum atomic E-state index is 13.4. The molecule has 1 aliphatic rings. The number of aryl methyl sites for hydroxylation is 1. The van der Waals surface area contributed by atoms with Gasteiger partial charge in [0.25, 0.3) is 0 Å². The van der Waals surface area contributed by atoms with Crippen molar-refractivity contribution in [2.75, 3.05) is 18.8 Å². The van der Waals surface area contributed by atoms with E-state index < -0.39 is 27.7 Å². The molecule has 0 aromatic heterocycles. The van der Waals surface area contributed by atoms with E-state index in [9.17, 15) is 17.6 Å². The molecule has 0 aliphatic carbocycles. The highest BCUT2D eigenvalue weighted by atomic mass is 32.2. The number of benzene rings is 1. The van der Waals surface area contributed by atoms with Crippen molar-refractivity contribution in [2.45, 2.75) is 18.2 Å². The van der Waals surface area contributed by atoms with Crippen molar-refractivity contribution in [3.63, 3.8) is 0 Å². The smallest absolute Gasteiger partial charge is 0.243 e. The van der Waals surface area contributed by atoms with Gasteiger partial charge in [0.1, 0.15) is 5.82 Å². The van der Waals surface area contributed by atoms with Crippen LogP contribution in [0.5, 0.6) is 0 Å². The van der Waals surface area contributed by atoms with Crippen LogP contribution in [-0.4, -0.2) is 31.7 Å². The number of carbonyl (C=O) groups excluding carboxylic acids is 1. The third-order valence-electron chi connectivity index (χ3n) is 3.45. The van der Waals surface area contributed by atoms with Crippen molar-refractivity contribution < 1.29 is 17.6 Å². The number of nitrogen functional groups attached to an aromatic ring is 1. The van der Waals surface area contributed by atoms with Crippen molar-refractivity contribution >= 4 is 21.6 Å². The topological polar surface area (TPSA) is 106 Å². The minimum Gasteiger partial charge on any atom is -0.396 e. The number of halogens is 1. The van der Waals surface area contributed by atoms with Crippen LogP contribution in [0.2, 0.25) is 0 Å². The van der Waals surface area contributed by atoms with Gasteiger partial charge in [-0.25, -0.2) is 12.8 Å². The van der Waals surface area contributed by atoms with Gasteiger partial charge in [0, 0.05) is 13.1 Å². The number of sulfonamides is 1. The van der Waals surface area contributed by atoms with Crippen molar-refractivity contribution in [2.24, 2.45) is 11.7 Å². The molecule has 2 rings (SSSR count). The van der Waals surface area contributed by atoms with Crippen molar-refractivity contribution in [1.29, 1.82) is 0 Å². The van der Waals surface area contributed by atoms with E-state index in [1.807, 2.05) is 0 Å². The van der Waals surface area contributed by atoms with Gasteiger partial charge in [0.05, 0.1) is 16.5 Å². The Hall–Kier alpha value is -1.67. The van der Waals surface area contributed by atoms with Crippen LogP contribution >= 0.6 is 0 Å². The van der Waals surface area contributed by atoms with Gasteiger partial charge in [-0.2, -0.15) is 4.31 Å². The van der Waals surface area contributed by atoms with E-state index in [-0.39, 0.29) is 29.2 Å². The second-order valence-corrected chi connectivity index (χ2v) is 6.83. The van der Waals surface area contributed by atoms with E-state index in [0.717, 1.165) is 6.07 Å². The summed E-state index contributed by atoms with van der Waals surface area (Å²) in [5.41, 5.74) is 10.6. The SMILES string of the molecule is Cc1cc(S(=O)(=O)N2CCC(C(N)=O)C2)cc(N)c1F. The molecular weight excluding hydrogens is 285 g/mol. The van der Waals surface area contributed by atoms with Gasteiger partial charge in [-0.1, -0.05) is 0 Å². The number of nitrogens with zero attached hydrogens (tertiary/aromatic N) is 1. The number of hydrogen-bond donors (Lipinski definition) is 2. The van der Waals surface area contributed by atoms with Crippen molar-refractivity contribution in [3.05, 3.63) is 23.5 Å². The summed E-state index contributed by atoms with van der Waals surface area (Å²) in [4.78, 5) is 11.0. The molecule has 0 radical (unpaired) electrons. The lowest BCUT2D eigenvalue weighted by atomic mass is 10.1. The van der Waals surface area contributed by atoms with E-state index in [4.69, 9.17) is 11.5 Å². The first-order valence-electron chi connectivity index (χ1n) is 6.08. The van der Waals surface area contributed by atoms with Crippen LogP contribution in [0.25, 0.3) is 0 Å². The summed E-state index contributed by atoms with van der Waals surface area (Å²) in [5, 5.41) is 0. The molecule has 1 aromatic carbocycles. The molecule has 6 nitrogen and oxygen atoms in total. The van der Waals surface area contributed by atoms with Crippen LogP contribution < -0.4 is 11.5 Å². The fraction of sp³-hybridized carbons (Fsp3) is 0.417. The number of amides is 1. The predicted molar refractivity (Wildman–Crippen MR) is 71.6 cm³/mol. The van der Waals surface area contributed by atoms with Crippen molar-refractivity contribution in [1.82, 2.24) is 4.31 Å². The van der Waals surface area contributed by atoms with Gasteiger partial charge < -0.3 is 11.5 Å². The van der Waals surface area contributed by atoms with Gasteiger partial charge in [0.15, 0.2) is 0 Å². The standard InChI is InChI=1S/C12H16FN3O3S/c1-7-4-9(5-10(14)11(7)13)20(18,19)16-3-2-8(6-16)12(15)17/h4-5,8H,2-3,6,14H2,1H3,(H2,15,17). The Balaban J connectivity index is 2.35. The number of rotatable bonds is 3. The summed E-state index contributed by atoms with van der Waals surface area (Å²) in [6.07, 6.45) is 0.393. The number of hydrogen-bond acceptors (Lipinski definition) is 4. The molecule has 0 saturated carbocycles. The van der Waals surface area contributed by atoms with Crippen LogP contribution in [0.3, 0.4) is 0 Å². The summed E-state index contributed by atoms with van der Waals surface area (Å²) < 4.78 is 39.5. The molecule has 8 heteroatoms. The Bertz CT molecular complexity index is 637. The van der Waals surface area contributed by atoms with Gasteiger partial charge in [0.2, 0.25) is 15.9 Å². The molecule has 1 aromatic rings. The Morgan fingerprint density at radius 2 is 2.10 bits per heavy atom. The predicted octanol–water partition coefficient (Wildman–Crippen LogP) is 0.212. The highest BCUT2D eigenvalue weighted by Crippen LogP contribution is 2.27. The van der Waals surface area contributed by atoms with Crippen LogP contribution in [0.15, 0.2) is 17.0 Å². The van der Waals surface area contributed by atoms with E-state index >= 15 is 0 Å². The van der Waals surface area contributed by atoms with E-state index in [1.165, 1.54) is 17.3 Å². The quantitative estimate of drug-likeness (QED) is 0.778. The average molecular weight is 301 g/mol. The lowest BCUT2D eigenvalue weighted by Gasteiger charge is -2.17. The normalized spacial score (nSPS) is 20.2. The Morgan fingerprint density at radius 3 is 2.60 bits per heavy atom. The zero-order valence-electron chi connectivity index (χ0n) is 11.0. The number of nitrogens with two attached hydrogens (primary N) is 2. The summed E-state index contributed by atoms with van der Waals surface area (Å²) in [7, 11) is -3.79. The molecule has 1 saturated heterocycles. The molecule has 1 fully saturated rings. The molecule has 1 unspecified atom stereocenters. The number of carbonyl (C=O) groups is 1. The van der Waals surface area contributed by atoms with Gasteiger partial charge in [-0.3, -0.25) is 4.79 Å². The van der Waals surface area contributed by atoms with Crippen LogP contribution in [0.4, 0.5) is 10.1 Å². The summed E-state index contributed by atoms with van der Waals surface area (Å²) in [5.74, 6) is -1.62. The third-order valence-corrected chi connectivity index (χ3v) is 5.29. The minimum absolute atomic E-state index is 0.0496. The maximum absolute atomic E-state index is 13.4. The highest BCUT2D eigenvalue weighted by Gasteiger charge is 2.35. The minimum atomic E-state index is -3.79. The van der Waals surface area contributed by atoms with Gasteiger partial charge >= 0.3 is 0 Å². The van der Waals surface area contributed by atoms with Gasteiger partial charge in [-0.15, -0.1) is 0 Å². The van der Waals surface area contributed by atoms with Crippen molar-refractivity contribution in [3.8, 4) is 0 Å². The fourth-order valence-electron chi connectivity index (χ4n) is 2.24. The molecule has 20 heavy (non-hydrogen) atoms. The fourth-order valence-corrected chi connectivity index (χ4v) is 3.86. The second kappa shape index (κ2) is 5.02. The Kier molecular flexibility index (Phi) is 3.70. The average Bonchev–Trinajstić information content (AvgIpc) is 2.85. The zero-order chi connectivity index (χ0) is 15.1. The number of anilines is 1. The first-order valence-corrected chi connectivity index (χ1v) is 7.52. The molecule has 1 atom stereocenters. The third kappa shape index (κ3) is 2.48. The monoisotopic (exact) mass is 301 g/mol. The van der Waals surface area contributed by atoms with E-state index in [0.29, 0.717) is 6.42 Å². The van der Waals surface area contributed by atoms with Crippen LogP contribution in [0.1, 0.15) is 12.0 Å².